The summed E-state index contributed by atoms with van der Waals surface area (Å²) >= 11 is 0. The van der Waals surface area contributed by atoms with Crippen LogP contribution in [0.3, 0.4) is 0 Å². The fourth-order valence-corrected chi connectivity index (χ4v) is 1.59. The van der Waals surface area contributed by atoms with Crippen LogP contribution in [0.1, 0.15) is 5.56 Å². The zero-order chi connectivity index (χ0) is 14.4. The molecule has 6 heteroatoms. The Kier molecular flexibility index (Phi) is 4.60. The van der Waals surface area contributed by atoms with E-state index >= 15 is 0 Å². The van der Waals surface area contributed by atoms with Gasteiger partial charge in [-0.1, -0.05) is 0 Å². The van der Waals surface area contributed by atoms with E-state index in [0.717, 1.165) is 18.2 Å². The fourth-order valence-electron chi connectivity index (χ4n) is 1.59. The average molecular weight is 277 g/mol. The number of rotatable bonds is 5. The topological polar surface area (TPSA) is 46.9 Å². The number of carbonyl (C=O) groups is 1. The van der Waals surface area contributed by atoms with Gasteiger partial charge in [0.1, 0.15) is 11.6 Å². The van der Waals surface area contributed by atoms with Crippen molar-refractivity contribution in [3.8, 4) is 0 Å². The van der Waals surface area contributed by atoms with Crippen molar-refractivity contribution in [1.29, 1.82) is 0 Å². The monoisotopic (exact) mass is 277 g/mol. The summed E-state index contributed by atoms with van der Waals surface area (Å²) in [6, 6.07) is 3.08. The van der Waals surface area contributed by atoms with Gasteiger partial charge in [-0.3, -0.25) is 4.79 Å². The fraction of sp³-hybridized carbons (Fsp3) is 0.143. The number of imidazole rings is 1. The molecule has 0 radical (unpaired) electrons. The quantitative estimate of drug-likeness (QED) is 0.850. The van der Waals surface area contributed by atoms with Gasteiger partial charge in [-0.25, -0.2) is 13.8 Å². The third-order valence-corrected chi connectivity index (χ3v) is 2.60. The lowest BCUT2D eigenvalue weighted by atomic mass is 10.2. The molecule has 0 fully saturated rings. The molecule has 0 spiro atoms. The van der Waals surface area contributed by atoms with Crippen LogP contribution >= 0.6 is 0 Å². The summed E-state index contributed by atoms with van der Waals surface area (Å²) in [6.07, 6.45) is 7.49. The summed E-state index contributed by atoms with van der Waals surface area (Å²) in [5, 5.41) is 2.63. The van der Waals surface area contributed by atoms with Gasteiger partial charge in [0, 0.05) is 37.1 Å². The lowest BCUT2D eigenvalue weighted by Gasteiger charge is -2.03. The average Bonchev–Trinajstić information content (AvgIpc) is 2.93. The lowest BCUT2D eigenvalue weighted by molar-refractivity contribution is -0.116. The standard InChI is InChI=1S/C14H13F2N3O/c15-12-2-3-13(16)11(9-12)1-4-14(20)18-6-8-19-7-5-17-10-19/h1-5,7,9-10H,6,8H2,(H,18,20)/b4-1+. The first-order valence-electron chi connectivity index (χ1n) is 6.02. The Labute approximate surface area is 114 Å². The number of aromatic nitrogens is 2. The number of nitrogens with zero attached hydrogens (tertiary/aromatic N) is 2. The van der Waals surface area contributed by atoms with Crippen LogP contribution in [0.2, 0.25) is 0 Å². The van der Waals surface area contributed by atoms with Crippen LogP contribution in [0, 0.1) is 11.6 Å². The van der Waals surface area contributed by atoms with Crippen molar-refractivity contribution in [1.82, 2.24) is 14.9 Å². The number of hydrogen-bond acceptors (Lipinski definition) is 2. The van der Waals surface area contributed by atoms with Crippen molar-refractivity contribution < 1.29 is 13.6 Å². The second-order valence-corrected chi connectivity index (χ2v) is 4.09. The van der Waals surface area contributed by atoms with Gasteiger partial charge in [0.05, 0.1) is 6.33 Å². The maximum Gasteiger partial charge on any atom is 0.244 e. The molecule has 20 heavy (non-hydrogen) atoms. The van der Waals surface area contributed by atoms with Gasteiger partial charge in [0.15, 0.2) is 0 Å². The van der Waals surface area contributed by atoms with Crippen LogP contribution in [0.4, 0.5) is 8.78 Å². The molecule has 1 aromatic carbocycles. The van der Waals surface area contributed by atoms with Crippen molar-refractivity contribution in [3.63, 3.8) is 0 Å². The van der Waals surface area contributed by atoms with E-state index in [-0.39, 0.29) is 11.5 Å². The first-order chi connectivity index (χ1) is 9.65. The normalized spacial score (nSPS) is 10.9. The molecule has 0 bridgehead atoms. The largest absolute Gasteiger partial charge is 0.351 e. The summed E-state index contributed by atoms with van der Waals surface area (Å²) in [4.78, 5) is 15.4. The molecule has 2 aromatic rings. The van der Waals surface area contributed by atoms with Gasteiger partial charge in [-0.05, 0) is 24.3 Å². The van der Waals surface area contributed by atoms with Crippen LogP contribution in [0.25, 0.3) is 6.08 Å². The minimum Gasteiger partial charge on any atom is -0.351 e. The Morgan fingerprint density at radius 3 is 3.00 bits per heavy atom. The molecule has 0 aliphatic rings. The molecule has 1 amide bonds. The summed E-state index contributed by atoms with van der Waals surface area (Å²) in [5.41, 5.74) is 0.0368. The number of benzene rings is 1. The highest BCUT2D eigenvalue weighted by atomic mass is 19.1. The van der Waals surface area contributed by atoms with Gasteiger partial charge in [-0.15, -0.1) is 0 Å². The van der Waals surface area contributed by atoms with Gasteiger partial charge >= 0.3 is 0 Å². The minimum atomic E-state index is -0.575. The van der Waals surface area contributed by atoms with E-state index in [1.807, 2.05) is 4.57 Å². The number of halogens is 2. The van der Waals surface area contributed by atoms with E-state index < -0.39 is 11.6 Å². The van der Waals surface area contributed by atoms with Gasteiger partial charge in [0.25, 0.3) is 0 Å². The first kappa shape index (κ1) is 13.9. The number of hydrogen-bond donors (Lipinski definition) is 1. The molecule has 0 atom stereocenters. The zero-order valence-corrected chi connectivity index (χ0v) is 10.6. The molecule has 1 aromatic heterocycles. The van der Waals surface area contributed by atoms with Gasteiger partial charge in [0.2, 0.25) is 5.91 Å². The molecular weight excluding hydrogens is 264 g/mol. The summed E-state index contributed by atoms with van der Waals surface area (Å²) in [7, 11) is 0. The molecule has 2 rings (SSSR count). The van der Waals surface area contributed by atoms with Crippen molar-refractivity contribution in [3.05, 3.63) is 60.2 Å². The maximum atomic E-state index is 13.3. The lowest BCUT2D eigenvalue weighted by Crippen LogP contribution is -2.25. The Hall–Kier alpha value is -2.50. The molecule has 0 saturated heterocycles. The SMILES string of the molecule is O=C(/C=C/c1cc(F)ccc1F)NCCn1ccnc1. The van der Waals surface area contributed by atoms with Crippen LogP contribution in [0.5, 0.6) is 0 Å². The van der Waals surface area contributed by atoms with E-state index in [1.165, 1.54) is 12.2 Å². The number of amides is 1. The second kappa shape index (κ2) is 6.60. The Morgan fingerprint density at radius 2 is 2.25 bits per heavy atom. The van der Waals surface area contributed by atoms with E-state index in [2.05, 4.69) is 10.3 Å². The molecule has 1 N–H and O–H groups in total. The first-order valence-corrected chi connectivity index (χ1v) is 6.02. The third-order valence-electron chi connectivity index (χ3n) is 2.60. The highest BCUT2D eigenvalue weighted by Gasteiger charge is 2.01. The smallest absolute Gasteiger partial charge is 0.244 e. The summed E-state index contributed by atoms with van der Waals surface area (Å²) in [5.74, 6) is -1.49. The maximum absolute atomic E-state index is 13.3. The van der Waals surface area contributed by atoms with E-state index in [9.17, 15) is 13.6 Å². The predicted molar refractivity (Wildman–Crippen MR) is 70.6 cm³/mol. The van der Waals surface area contributed by atoms with E-state index in [0.29, 0.717) is 13.1 Å². The summed E-state index contributed by atoms with van der Waals surface area (Å²) in [6.45, 7) is 1.01. The molecule has 0 saturated carbocycles. The van der Waals surface area contributed by atoms with Crippen LogP contribution in [-0.4, -0.2) is 22.0 Å². The van der Waals surface area contributed by atoms with Crippen molar-refractivity contribution in [2.75, 3.05) is 6.54 Å². The van der Waals surface area contributed by atoms with Gasteiger partial charge < -0.3 is 9.88 Å². The van der Waals surface area contributed by atoms with Crippen LogP contribution in [-0.2, 0) is 11.3 Å². The Morgan fingerprint density at radius 1 is 1.40 bits per heavy atom. The van der Waals surface area contributed by atoms with Crippen molar-refractivity contribution in [2.45, 2.75) is 6.54 Å². The number of nitrogens with one attached hydrogen (secondary N) is 1. The van der Waals surface area contributed by atoms with Crippen molar-refractivity contribution >= 4 is 12.0 Å². The zero-order valence-electron chi connectivity index (χ0n) is 10.6. The van der Waals surface area contributed by atoms with Crippen LogP contribution in [0.15, 0.2) is 43.0 Å². The second-order valence-electron chi connectivity index (χ2n) is 4.09. The van der Waals surface area contributed by atoms with Crippen molar-refractivity contribution in [2.24, 2.45) is 0 Å². The molecule has 0 aliphatic carbocycles. The molecular formula is C14H13F2N3O. The van der Waals surface area contributed by atoms with E-state index in [4.69, 9.17) is 0 Å². The predicted octanol–water partition coefficient (Wildman–Crippen LogP) is 1.99. The van der Waals surface area contributed by atoms with Crippen LogP contribution < -0.4 is 5.32 Å². The van der Waals surface area contributed by atoms with E-state index in [1.54, 1.807) is 18.7 Å². The number of carbonyl (C=O) groups excluding carboxylic acids is 1. The Bertz CT molecular complexity index is 609. The van der Waals surface area contributed by atoms with Gasteiger partial charge in [-0.2, -0.15) is 0 Å². The molecule has 0 unspecified atom stereocenters. The highest BCUT2D eigenvalue weighted by Crippen LogP contribution is 2.11. The molecule has 4 nitrogen and oxygen atoms in total. The highest BCUT2D eigenvalue weighted by molar-refractivity contribution is 5.91. The molecule has 0 aliphatic heterocycles. The minimum absolute atomic E-state index is 0.0368. The molecule has 1 heterocycles. The Balaban J connectivity index is 1.84. The third kappa shape index (κ3) is 4.01. The molecule has 104 valence electrons. The summed E-state index contributed by atoms with van der Waals surface area (Å²) < 4.78 is 28.0.